The molecule has 1 aromatic carbocycles. The van der Waals surface area contributed by atoms with Crippen LogP contribution in [0.15, 0.2) is 24.3 Å². The lowest BCUT2D eigenvalue weighted by Gasteiger charge is -2.44. The number of esters is 1. The molecule has 2 heterocycles. The van der Waals surface area contributed by atoms with Crippen LogP contribution in [0.2, 0.25) is 5.02 Å². The van der Waals surface area contributed by atoms with E-state index >= 15 is 0 Å². The third-order valence-corrected chi connectivity index (χ3v) is 6.45. The molecule has 32 heavy (non-hydrogen) atoms. The molecule has 4 rings (SSSR count). The molecule has 8 nitrogen and oxygen atoms in total. The average molecular weight is 459 g/mol. The van der Waals surface area contributed by atoms with E-state index in [1.807, 2.05) is 6.92 Å². The number of amides is 2. The Labute approximate surface area is 191 Å². The number of benzene rings is 1. The lowest BCUT2D eigenvalue weighted by molar-refractivity contribution is -0.127. The Morgan fingerprint density at radius 3 is 2.66 bits per heavy atom. The van der Waals surface area contributed by atoms with E-state index in [-0.39, 0.29) is 36.5 Å². The number of nitrogens with zero attached hydrogens (tertiary/aromatic N) is 3. The molecule has 2 aromatic rings. The zero-order valence-electron chi connectivity index (χ0n) is 18.5. The third kappa shape index (κ3) is 3.88. The maximum Gasteiger partial charge on any atom is 0.358 e. The summed E-state index contributed by atoms with van der Waals surface area (Å²) in [5.41, 5.74) is 0.387. The van der Waals surface area contributed by atoms with E-state index in [1.54, 1.807) is 32.0 Å². The lowest BCUT2D eigenvalue weighted by Crippen LogP contribution is -2.65. The third-order valence-electron chi connectivity index (χ3n) is 6.22. The molecule has 1 fully saturated rings. The molecule has 1 N–H and O–H groups in total. The highest BCUT2D eigenvalue weighted by molar-refractivity contribution is 6.30. The van der Waals surface area contributed by atoms with E-state index in [4.69, 9.17) is 16.3 Å². The summed E-state index contributed by atoms with van der Waals surface area (Å²) in [6.45, 7) is 5.59. The van der Waals surface area contributed by atoms with Gasteiger partial charge in [-0.05, 0) is 57.4 Å². The Bertz CT molecular complexity index is 1080. The van der Waals surface area contributed by atoms with Gasteiger partial charge in [0.05, 0.1) is 13.2 Å². The number of nitrogens with one attached hydrogen (secondary N) is 1. The Balaban J connectivity index is 1.79. The van der Waals surface area contributed by atoms with Crippen LogP contribution in [0.3, 0.4) is 0 Å². The maximum absolute atomic E-state index is 13.7. The maximum atomic E-state index is 13.7. The fraction of sp³-hybridized carbons (Fsp3) is 0.478. The quantitative estimate of drug-likeness (QED) is 0.692. The van der Waals surface area contributed by atoms with Crippen LogP contribution >= 0.6 is 11.6 Å². The summed E-state index contributed by atoms with van der Waals surface area (Å²) in [7, 11) is 0. The summed E-state index contributed by atoms with van der Waals surface area (Å²) in [6, 6.07) is 6.72. The minimum atomic E-state index is -1.25. The fourth-order valence-corrected chi connectivity index (χ4v) is 4.77. The molecule has 2 amide bonds. The number of carbonyl (C=O) groups is 3. The van der Waals surface area contributed by atoms with Gasteiger partial charge in [-0.3, -0.25) is 19.2 Å². The Hall–Kier alpha value is -2.87. The summed E-state index contributed by atoms with van der Waals surface area (Å²) in [5.74, 6) is -1.26. The topological polar surface area (TPSA) is 93.5 Å². The summed E-state index contributed by atoms with van der Waals surface area (Å²) in [5, 5.41) is 7.96. The van der Waals surface area contributed by atoms with Crippen LogP contribution in [0.4, 0.5) is 5.69 Å². The van der Waals surface area contributed by atoms with Crippen LogP contribution in [0.25, 0.3) is 0 Å². The highest BCUT2D eigenvalue weighted by atomic mass is 35.5. The number of aromatic nitrogens is 2. The van der Waals surface area contributed by atoms with Crippen LogP contribution in [0.1, 0.15) is 66.1 Å². The van der Waals surface area contributed by atoms with E-state index in [0.29, 0.717) is 10.7 Å². The number of rotatable bonds is 5. The predicted molar refractivity (Wildman–Crippen MR) is 120 cm³/mol. The first-order chi connectivity index (χ1) is 15.2. The van der Waals surface area contributed by atoms with E-state index < -0.39 is 17.4 Å². The number of ether oxygens (including phenoxy) is 1. The van der Waals surface area contributed by atoms with E-state index in [9.17, 15) is 14.4 Å². The van der Waals surface area contributed by atoms with Crippen molar-refractivity contribution in [2.24, 2.45) is 0 Å². The lowest BCUT2D eigenvalue weighted by atomic mass is 9.92. The Morgan fingerprint density at radius 1 is 1.28 bits per heavy atom. The molecule has 1 aromatic heterocycles. The molecule has 1 atom stereocenters. The minimum absolute atomic E-state index is 0.0448. The van der Waals surface area contributed by atoms with Crippen LogP contribution in [0, 0.1) is 6.92 Å². The molecule has 170 valence electrons. The normalized spacial score (nSPS) is 20.9. The van der Waals surface area contributed by atoms with Gasteiger partial charge in [-0.15, -0.1) is 0 Å². The van der Waals surface area contributed by atoms with Gasteiger partial charge in [0.15, 0.2) is 5.69 Å². The summed E-state index contributed by atoms with van der Waals surface area (Å²) in [6.07, 6.45) is 4.01. The predicted octanol–water partition coefficient (Wildman–Crippen LogP) is 3.50. The highest BCUT2D eigenvalue weighted by Gasteiger charge is 2.50. The number of halogens is 1. The SMILES string of the molecule is CCOC(=O)c1cc2n(n1)CC(C)(C(=O)NC1CCCC1)N(c1ccc(Cl)cc1C)C2=O. The molecule has 1 saturated carbocycles. The second-order valence-electron chi connectivity index (χ2n) is 8.59. The Kier molecular flexibility index (Phi) is 5.99. The van der Waals surface area contributed by atoms with Gasteiger partial charge < -0.3 is 10.1 Å². The van der Waals surface area contributed by atoms with Gasteiger partial charge in [-0.1, -0.05) is 24.4 Å². The molecule has 0 bridgehead atoms. The van der Waals surface area contributed by atoms with Crippen LogP contribution in [-0.4, -0.2) is 45.8 Å². The fourth-order valence-electron chi connectivity index (χ4n) is 4.54. The van der Waals surface area contributed by atoms with Crippen molar-refractivity contribution in [3.05, 3.63) is 46.2 Å². The van der Waals surface area contributed by atoms with Gasteiger partial charge in [-0.25, -0.2) is 4.79 Å². The zero-order chi connectivity index (χ0) is 23.0. The van der Waals surface area contributed by atoms with Gasteiger partial charge in [0.2, 0.25) is 5.91 Å². The molecule has 0 spiro atoms. The van der Waals surface area contributed by atoms with Crippen LogP contribution < -0.4 is 10.2 Å². The molecule has 9 heteroatoms. The smallest absolute Gasteiger partial charge is 0.358 e. The molecular weight excluding hydrogens is 432 g/mol. The minimum Gasteiger partial charge on any atom is -0.461 e. The van der Waals surface area contributed by atoms with Crippen molar-refractivity contribution < 1.29 is 19.1 Å². The molecule has 1 unspecified atom stereocenters. The number of fused-ring (bicyclic) bond motifs is 1. The monoisotopic (exact) mass is 458 g/mol. The number of anilines is 1. The molecule has 2 aliphatic rings. The number of hydrogen-bond acceptors (Lipinski definition) is 5. The second kappa shape index (κ2) is 8.58. The molecule has 1 aliphatic heterocycles. The van der Waals surface area contributed by atoms with Crippen LogP contribution in [-0.2, 0) is 16.1 Å². The van der Waals surface area contributed by atoms with Crippen LogP contribution in [0.5, 0.6) is 0 Å². The van der Waals surface area contributed by atoms with Gasteiger partial charge >= 0.3 is 5.97 Å². The largest absolute Gasteiger partial charge is 0.461 e. The highest BCUT2D eigenvalue weighted by Crippen LogP contribution is 2.36. The first-order valence-corrected chi connectivity index (χ1v) is 11.3. The average Bonchev–Trinajstić information content (AvgIpc) is 3.39. The van der Waals surface area contributed by atoms with Gasteiger partial charge in [-0.2, -0.15) is 5.10 Å². The van der Waals surface area contributed by atoms with Crippen molar-refractivity contribution in [3.8, 4) is 0 Å². The van der Waals surface area contributed by atoms with E-state index in [1.165, 1.54) is 15.6 Å². The van der Waals surface area contributed by atoms with Crippen molar-refractivity contribution in [2.75, 3.05) is 11.5 Å². The number of hydrogen-bond donors (Lipinski definition) is 1. The van der Waals surface area contributed by atoms with E-state index in [2.05, 4.69) is 10.4 Å². The van der Waals surface area contributed by atoms with Gasteiger partial charge in [0.25, 0.3) is 5.91 Å². The van der Waals surface area contributed by atoms with Crippen molar-refractivity contribution in [3.63, 3.8) is 0 Å². The number of aryl methyl sites for hydroxylation is 1. The van der Waals surface area contributed by atoms with Crippen molar-refractivity contribution in [1.29, 1.82) is 0 Å². The van der Waals surface area contributed by atoms with Crippen molar-refractivity contribution in [2.45, 2.75) is 64.6 Å². The summed E-state index contributed by atoms with van der Waals surface area (Å²) >= 11 is 6.14. The molecule has 0 radical (unpaired) electrons. The van der Waals surface area contributed by atoms with Crippen molar-refractivity contribution in [1.82, 2.24) is 15.1 Å². The van der Waals surface area contributed by atoms with E-state index in [0.717, 1.165) is 31.2 Å². The summed E-state index contributed by atoms with van der Waals surface area (Å²) in [4.78, 5) is 41.0. The second-order valence-corrected chi connectivity index (χ2v) is 9.03. The molecule has 0 saturated heterocycles. The first-order valence-electron chi connectivity index (χ1n) is 10.9. The standard InChI is InChI=1S/C23H27ClN4O4/c1-4-32-21(30)17-12-19-20(29)28(18-10-9-15(24)11-14(18)2)23(3,13-27(19)26-17)22(31)25-16-7-5-6-8-16/h9-12,16H,4-8,13H2,1-3H3,(H,25,31). The van der Waals surface area contributed by atoms with Crippen molar-refractivity contribution >= 4 is 35.1 Å². The molecule has 1 aliphatic carbocycles. The Morgan fingerprint density at radius 2 is 2.00 bits per heavy atom. The van der Waals surface area contributed by atoms with Gasteiger partial charge in [0, 0.05) is 22.8 Å². The molecular formula is C23H27ClN4O4. The summed E-state index contributed by atoms with van der Waals surface area (Å²) < 4.78 is 6.47. The number of carbonyl (C=O) groups excluding carboxylic acids is 3. The van der Waals surface area contributed by atoms with Gasteiger partial charge in [0.1, 0.15) is 11.2 Å². The zero-order valence-corrected chi connectivity index (χ0v) is 19.2. The first kappa shape index (κ1) is 22.3.